The normalized spacial score (nSPS) is 11.3. The van der Waals surface area contributed by atoms with Crippen molar-refractivity contribution in [1.29, 1.82) is 0 Å². The zero-order chi connectivity index (χ0) is 24.4. The van der Waals surface area contributed by atoms with E-state index in [1.54, 1.807) is 47.0 Å². The van der Waals surface area contributed by atoms with Gasteiger partial charge in [0.1, 0.15) is 0 Å². The number of esters is 1. The highest BCUT2D eigenvalue weighted by atomic mass is 35.5. The highest BCUT2D eigenvalue weighted by molar-refractivity contribution is 6.30. The summed E-state index contributed by atoms with van der Waals surface area (Å²) in [6, 6.07) is 13.8. The summed E-state index contributed by atoms with van der Waals surface area (Å²) >= 11 is 6.04. The lowest BCUT2D eigenvalue weighted by Crippen LogP contribution is -2.40. The van der Waals surface area contributed by atoms with Gasteiger partial charge in [-0.3, -0.25) is 9.36 Å². The Morgan fingerprint density at radius 2 is 1.85 bits per heavy atom. The van der Waals surface area contributed by atoms with E-state index in [-0.39, 0.29) is 5.65 Å². The van der Waals surface area contributed by atoms with Crippen LogP contribution in [-0.2, 0) is 17.8 Å². The Bertz CT molecular complexity index is 1470. The predicted molar refractivity (Wildman–Crippen MR) is 131 cm³/mol. The van der Waals surface area contributed by atoms with Crippen molar-refractivity contribution >= 4 is 28.7 Å². The molecule has 0 radical (unpaired) electrons. The second-order valence-electron chi connectivity index (χ2n) is 8.47. The molecule has 0 saturated carbocycles. The number of methoxy groups -OCH3 is 1. The Kier molecular flexibility index (Phi) is 6.70. The van der Waals surface area contributed by atoms with E-state index in [0.717, 1.165) is 5.56 Å². The molecule has 2 aromatic heterocycles. The molecule has 34 heavy (non-hydrogen) atoms. The molecular weight excluding hydrogens is 456 g/mol. The van der Waals surface area contributed by atoms with Crippen LogP contribution in [0.15, 0.2) is 64.4 Å². The van der Waals surface area contributed by atoms with Crippen LogP contribution in [0.5, 0.6) is 0 Å². The number of benzene rings is 2. The van der Waals surface area contributed by atoms with Crippen LogP contribution in [0.3, 0.4) is 0 Å². The Labute approximate surface area is 201 Å². The number of rotatable bonds is 7. The van der Waals surface area contributed by atoms with Gasteiger partial charge < -0.3 is 9.30 Å². The lowest BCUT2D eigenvalue weighted by atomic mass is 10.1. The summed E-state index contributed by atoms with van der Waals surface area (Å²) in [6.45, 7) is 4.67. The van der Waals surface area contributed by atoms with Gasteiger partial charge in [0.25, 0.3) is 5.56 Å². The first-order chi connectivity index (χ1) is 16.3. The molecular formula is C25H25ClN4O4. The van der Waals surface area contributed by atoms with E-state index < -0.39 is 17.2 Å². The molecule has 2 aromatic carbocycles. The van der Waals surface area contributed by atoms with Gasteiger partial charge >= 0.3 is 11.7 Å². The quantitative estimate of drug-likeness (QED) is 0.374. The fourth-order valence-electron chi connectivity index (χ4n) is 3.82. The summed E-state index contributed by atoms with van der Waals surface area (Å²) in [5, 5.41) is 0.539. The SMILES string of the molecule is COC(=O)c1cccc(Cn2cnc3c2c(=O)n(CCC(C)C)c(=O)n3-c2ccc(Cl)cc2)c1. The molecule has 9 heteroatoms. The minimum Gasteiger partial charge on any atom is -0.465 e. The van der Waals surface area contributed by atoms with Crippen LogP contribution in [0.25, 0.3) is 16.9 Å². The molecule has 0 unspecified atom stereocenters. The monoisotopic (exact) mass is 480 g/mol. The largest absolute Gasteiger partial charge is 0.465 e. The number of hydrogen-bond acceptors (Lipinski definition) is 5. The molecule has 4 rings (SSSR count). The number of aromatic nitrogens is 4. The third kappa shape index (κ3) is 4.54. The van der Waals surface area contributed by atoms with E-state index >= 15 is 0 Å². The minimum absolute atomic E-state index is 0.266. The predicted octanol–water partition coefficient (Wildman–Crippen LogP) is 3.88. The van der Waals surface area contributed by atoms with E-state index in [1.165, 1.54) is 22.6 Å². The van der Waals surface area contributed by atoms with E-state index in [4.69, 9.17) is 16.3 Å². The number of ether oxygens (including phenoxy) is 1. The van der Waals surface area contributed by atoms with Gasteiger partial charge in [-0.2, -0.15) is 0 Å². The van der Waals surface area contributed by atoms with Crippen LogP contribution < -0.4 is 11.2 Å². The van der Waals surface area contributed by atoms with Crippen molar-refractivity contribution in [2.75, 3.05) is 7.11 Å². The summed E-state index contributed by atoms with van der Waals surface area (Å²) in [7, 11) is 1.33. The highest BCUT2D eigenvalue weighted by Crippen LogP contribution is 2.18. The first-order valence-electron chi connectivity index (χ1n) is 10.9. The molecule has 0 amide bonds. The molecule has 0 bridgehead atoms. The average Bonchev–Trinajstić information content (AvgIpc) is 3.23. The molecule has 0 saturated heterocycles. The third-order valence-corrected chi connectivity index (χ3v) is 5.87. The number of carbonyl (C=O) groups is 1. The topological polar surface area (TPSA) is 88.1 Å². The zero-order valence-corrected chi connectivity index (χ0v) is 20.0. The minimum atomic E-state index is -0.446. The maximum Gasteiger partial charge on any atom is 0.337 e. The van der Waals surface area contributed by atoms with Crippen molar-refractivity contribution in [3.8, 4) is 5.69 Å². The summed E-state index contributed by atoms with van der Waals surface area (Å²) in [5.74, 6) is -0.123. The second kappa shape index (κ2) is 9.69. The van der Waals surface area contributed by atoms with E-state index in [0.29, 0.717) is 47.2 Å². The lowest BCUT2D eigenvalue weighted by molar-refractivity contribution is 0.0600. The smallest absolute Gasteiger partial charge is 0.337 e. The lowest BCUT2D eigenvalue weighted by Gasteiger charge is -2.14. The van der Waals surface area contributed by atoms with Crippen LogP contribution in [0.2, 0.25) is 5.02 Å². The van der Waals surface area contributed by atoms with E-state index in [1.807, 2.05) is 19.9 Å². The van der Waals surface area contributed by atoms with Crippen LogP contribution in [0.1, 0.15) is 36.2 Å². The molecule has 8 nitrogen and oxygen atoms in total. The summed E-state index contributed by atoms with van der Waals surface area (Å²) in [4.78, 5) is 43.3. The van der Waals surface area contributed by atoms with Gasteiger partial charge in [0.15, 0.2) is 11.2 Å². The second-order valence-corrected chi connectivity index (χ2v) is 8.91. The van der Waals surface area contributed by atoms with Crippen molar-refractivity contribution in [2.45, 2.75) is 33.4 Å². The van der Waals surface area contributed by atoms with Crippen molar-refractivity contribution in [3.63, 3.8) is 0 Å². The van der Waals surface area contributed by atoms with Gasteiger partial charge in [-0.25, -0.2) is 19.1 Å². The Balaban J connectivity index is 1.90. The van der Waals surface area contributed by atoms with Gasteiger partial charge in [-0.1, -0.05) is 37.6 Å². The van der Waals surface area contributed by atoms with Crippen molar-refractivity contribution in [2.24, 2.45) is 5.92 Å². The summed E-state index contributed by atoms with van der Waals surface area (Å²) < 4.78 is 9.21. The van der Waals surface area contributed by atoms with E-state index in [9.17, 15) is 14.4 Å². The molecule has 0 aliphatic heterocycles. The maximum atomic E-state index is 13.5. The fraction of sp³-hybridized carbons (Fsp3) is 0.280. The summed E-state index contributed by atoms with van der Waals surface area (Å²) in [5.41, 5.74) is 1.50. The van der Waals surface area contributed by atoms with Gasteiger partial charge in [0.05, 0.1) is 24.7 Å². The Morgan fingerprint density at radius 1 is 1.12 bits per heavy atom. The first kappa shape index (κ1) is 23.5. The molecule has 0 aliphatic carbocycles. The van der Waals surface area contributed by atoms with Crippen LogP contribution >= 0.6 is 11.6 Å². The van der Waals surface area contributed by atoms with Crippen LogP contribution in [-0.4, -0.2) is 31.8 Å². The van der Waals surface area contributed by atoms with Crippen molar-refractivity contribution in [1.82, 2.24) is 18.7 Å². The molecule has 0 fully saturated rings. The van der Waals surface area contributed by atoms with Crippen molar-refractivity contribution in [3.05, 3.63) is 91.8 Å². The molecule has 4 aromatic rings. The first-order valence-corrected chi connectivity index (χ1v) is 11.3. The molecule has 0 N–H and O–H groups in total. The van der Waals surface area contributed by atoms with Crippen LogP contribution in [0.4, 0.5) is 0 Å². The van der Waals surface area contributed by atoms with Gasteiger partial charge in [0, 0.05) is 18.1 Å². The highest BCUT2D eigenvalue weighted by Gasteiger charge is 2.20. The fourth-order valence-corrected chi connectivity index (χ4v) is 3.94. The number of carbonyl (C=O) groups excluding carboxylic acids is 1. The number of hydrogen-bond donors (Lipinski definition) is 0. The Morgan fingerprint density at radius 3 is 2.53 bits per heavy atom. The number of nitrogens with zero attached hydrogens (tertiary/aromatic N) is 4. The van der Waals surface area contributed by atoms with Gasteiger partial charge in [0.2, 0.25) is 0 Å². The molecule has 0 spiro atoms. The number of fused-ring (bicyclic) bond motifs is 1. The average molecular weight is 481 g/mol. The van der Waals surface area contributed by atoms with Crippen molar-refractivity contribution < 1.29 is 9.53 Å². The molecule has 0 aliphatic rings. The standard InChI is InChI=1S/C25H25ClN4O4/c1-16(2)11-12-29-23(31)21-22(30(25(29)33)20-9-7-19(26)8-10-20)27-15-28(21)14-17-5-4-6-18(13-17)24(32)34-3/h4-10,13,15-16H,11-12,14H2,1-3H3. The number of imidazole rings is 1. The Hall–Kier alpha value is -3.65. The zero-order valence-electron chi connectivity index (χ0n) is 19.2. The maximum absolute atomic E-state index is 13.5. The molecule has 2 heterocycles. The summed E-state index contributed by atoms with van der Waals surface area (Å²) in [6.07, 6.45) is 2.21. The van der Waals surface area contributed by atoms with Gasteiger partial charge in [-0.15, -0.1) is 0 Å². The number of halogens is 1. The van der Waals surface area contributed by atoms with Gasteiger partial charge in [-0.05, 0) is 54.3 Å². The third-order valence-electron chi connectivity index (χ3n) is 5.62. The molecule has 176 valence electrons. The molecule has 0 atom stereocenters. The van der Waals surface area contributed by atoms with E-state index in [2.05, 4.69) is 4.98 Å². The van der Waals surface area contributed by atoms with Crippen LogP contribution in [0, 0.1) is 5.92 Å².